The fraction of sp³-hybridized carbons (Fsp3) is 0.412. The molecule has 0 saturated carbocycles. The number of hydrogen-bond donors (Lipinski definition) is 1. The van der Waals surface area contributed by atoms with Gasteiger partial charge in [0.1, 0.15) is 12.9 Å². The fourth-order valence-corrected chi connectivity index (χ4v) is 6.19. The number of hydrogen-bond acceptors (Lipinski definition) is 8. The van der Waals surface area contributed by atoms with Crippen molar-refractivity contribution >= 4 is 29.4 Å². The highest BCUT2D eigenvalue weighted by Gasteiger charge is 2.53. The van der Waals surface area contributed by atoms with E-state index in [-0.39, 0.29) is 28.7 Å². The van der Waals surface area contributed by atoms with Crippen molar-refractivity contribution in [3.63, 3.8) is 0 Å². The number of nitrogens with zero attached hydrogens (tertiary/aromatic N) is 7. The van der Waals surface area contributed by atoms with Gasteiger partial charge in [-0.15, -0.1) is 0 Å². The zero-order chi connectivity index (χ0) is 38.1. The van der Waals surface area contributed by atoms with Crippen LogP contribution in [0.5, 0.6) is 0 Å². The minimum atomic E-state index is -3.02. The van der Waals surface area contributed by atoms with Crippen LogP contribution in [0.2, 0.25) is 5.02 Å². The van der Waals surface area contributed by atoms with Gasteiger partial charge in [-0.2, -0.15) is 19.0 Å². The van der Waals surface area contributed by atoms with E-state index in [1.165, 1.54) is 37.5 Å². The Hall–Kier alpha value is -4.93. The molecule has 18 heteroatoms. The van der Waals surface area contributed by atoms with E-state index in [9.17, 15) is 35.9 Å². The molecule has 0 unspecified atom stereocenters. The van der Waals surface area contributed by atoms with Crippen molar-refractivity contribution in [1.29, 1.82) is 0 Å². The summed E-state index contributed by atoms with van der Waals surface area (Å²) in [6, 6.07) is 9.42. The monoisotopic (exact) mass is 752 g/mol. The molecule has 3 atom stereocenters. The smallest absolute Gasteiger partial charge is 0.333 e. The number of alkyl halides is 6. The van der Waals surface area contributed by atoms with Crippen molar-refractivity contribution in [1.82, 2.24) is 29.4 Å². The van der Waals surface area contributed by atoms with Gasteiger partial charge >= 0.3 is 12.5 Å². The molecule has 0 spiro atoms. The molecule has 1 aliphatic heterocycles. The standard InChI is InChI=1S/C34H35ClF6N8O3/c1-18(27(36)37)11-26(50)52-15-25(20-7-10-23(35)24(12-20)49-29(28(38)39)43-17-45-49)48-30(51)34(46-32(48)42,16-33(2,3)4)22-8-5-19(6-9-22)21-13-44-47(14-21)31(40)41/h5-10,12-14,17-18,25,27-28,31H,11,15-16H2,1-4H3,(H2,42,46)/t18-,25-,34-/m1/s1. The van der Waals surface area contributed by atoms with E-state index in [1.807, 2.05) is 20.8 Å². The minimum Gasteiger partial charge on any atom is -0.463 e. The summed E-state index contributed by atoms with van der Waals surface area (Å²) in [6.07, 6.45) is -2.94. The van der Waals surface area contributed by atoms with Crippen molar-refractivity contribution in [2.24, 2.45) is 22.1 Å². The van der Waals surface area contributed by atoms with Crippen LogP contribution in [0, 0.1) is 11.3 Å². The van der Waals surface area contributed by atoms with Gasteiger partial charge in [-0.05, 0) is 40.7 Å². The zero-order valence-corrected chi connectivity index (χ0v) is 29.1. The van der Waals surface area contributed by atoms with Gasteiger partial charge in [-0.3, -0.25) is 14.5 Å². The molecule has 5 rings (SSSR count). The molecule has 0 aliphatic carbocycles. The van der Waals surface area contributed by atoms with Crippen molar-refractivity contribution in [2.45, 2.75) is 71.5 Å². The lowest BCUT2D eigenvalue weighted by atomic mass is 9.75. The van der Waals surface area contributed by atoms with Gasteiger partial charge in [0.25, 0.3) is 12.3 Å². The summed E-state index contributed by atoms with van der Waals surface area (Å²) in [5, 5.41) is 7.54. The topological polar surface area (TPSA) is 134 Å². The number of esters is 1. The molecule has 1 amide bonds. The normalized spacial score (nSPS) is 17.7. The van der Waals surface area contributed by atoms with Gasteiger partial charge in [-0.25, -0.2) is 36.9 Å². The van der Waals surface area contributed by atoms with Crippen LogP contribution in [0.15, 0.2) is 66.2 Å². The molecule has 2 aromatic heterocycles. The lowest BCUT2D eigenvalue weighted by molar-refractivity contribution is -0.149. The summed E-state index contributed by atoms with van der Waals surface area (Å²) in [6.45, 7) is 3.42. The number of carbonyl (C=O) groups is 2. The van der Waals surface area contributed by atoms with Crippen molar-refractivity contribution in [3.05, 3.63) is 83.2 Å². The zero-order valence-electron chi connectivity index (χ0n) is 28.4. The summed E-state index contributed by atoms with van der Waals surface area (Å²) in [7, 11) is 0. The highest BCUT2D eigenvalue weighted by Crippen LogP contribution is 2.45. The second kappa shape index (κ2) is 15.0. The summed E-state index contributed by atoms with van der Waals surface area (Å²) >= 11 is 6.41. The van der Waals surface area contributed by atoms with Gasteiger partial charge < -0.3 is 10.5 Å². The number of rotatable bonds is 13. The van der Waals surface area contributed by atoms with Crippen LogP contribution in [0.3, 0.4) is 0 Å². The third-order valence-electron chi connectivity index (χ3n) is 8.39. The Labute approximate surface area is 299 Å². The molecular formula is C34H35ClF6N8O3. The molecule has 0 fully saturated rings. The molecule has 2 N–H and O–H groups in total. The maximum atomic E-state index is 14.8. The average Bonchev–Trinajstić information content (AvgIpc) is 3.81. The van der Waals surface area contributed by atoms with Crippen molar-refractivity contribution < 1.29 is 40.7 Å². The number of benzene rings is 2. The number of aliphatic imine (C=N–C) groups is 1. The molecule has 2 aromatic carbocycles. The predicted molar refractivity (Wildman–Crippen MR) is 178 cm³/mol. The molecular weight excluding hydrogens is 718 g/mol. The predicted octanol–water partition coefficient (Wildman–Crippen LogP) is 7.48. The van der Waals surface area contributed by atoms with Gasteiger partial charge in [-0.1, -0.05) is 69.6 Å². The van der Waals surface area contributed by atoms with Crippen LogP contribution in [0.4, 0.5) is 26.3 Å². The second-order valence-electron chi connectivity index (χ2n) is 13.6. The first kappa shape index (κ1) is 38.3. The molecule has 278 valence electrons. The van der Waals surface area contributed by atoms with E-state index in [0.29, 0.717) is 21.4 Å². The molecule has 0 saturated heterocycles. The van der Waals surface area contributed by atoms with Crippen LogP contribution in [0.1, 0.15) is 76.5 Å². The number of amides is 1. The SMILES string of the molecule is C[C@H](CC(=O)OC[C@H](c1ccc(Cl)c(-n2ncnc2C(F)F)c1)N1C(=O)[C@@](CC(C)(C)C)(c2ccc(-c3cnn(C(F)F)c3)cc2)N=C1N)C(F)F. The Kier molecular flexibility index (Phi) is 11.0. The number of nitrogens with two attached hydrogens (primary N) is 1. The molecule has 1 aliphatic rings. The van der Waals surface area contributed by atoms with E-state index in [2.05, 4.69) is 15.2 Å². The van der Waals surface area contributed by atoms with Crippen molar-refractivity contribution in [3.8, 4) is 16.8 Å². The lowest BCUT2D eigenvalue weighted by Gasteiger charge is -2.35. The van der Waals surface area contributed by atoms with Crippen LogP contribution in [-0.2, 0) is 19.9 Å². The maximum absolute atomic E-state index is 14.8. The van der Waals surface area contributed by atoms with E-state index in [4.69, 9.17) is 27.1 Å². The summed E-state index contributed by atoms with van der Waals surface area (Å²) in [4.78, 5) is 37.0. The molecule has 52 heavy (non-hydrogen) atoms. The highest BCUT2D eigenvalue weighted by atomic mass is 35.5. The Morgan fingerprint density at radius 1 is 1.02 bits per heavy atom. The second-order valence-corrected chi connectivity index (χ2v) is 14.0. The third-order valence-corrected chi connectivity index (χ3v) is 8.71. The van der Waals surface area contributed by atoms with Gasteiger partial charge in [0.2, 0.25) is 6.43 Å². The molecule has 3 heterocycles. The number of ether oxygens (including phenoxy) is 1. The molecule has 11 nitrogen and oxygen atoms in total. The van der Waals surface area contributed by atoms with Crippen molar-refractivity contribution in [2.75, 3.05) is 6.61 Å². The Balaban J connectivity index is 1.58. The number of guanidine groups is 1. The first-order valence-electron chi connectivity index (χ1n) is 16.0. The maximum Gasteiger partial charge on any atom is 0.333 e. The summed E-state index contributed by atoms with van der Waals surface area (Å²) < 4.78 is 87.2. The van der Waals surface area contributed by atoms with E-state index < -0.39 is 73.0 Å². The molecule has 0 radical (unpaired) electrons. The first-order chi connectivity index (χ1) is 24.4. The Bertz CT molecular complexity index is 1950. The Morgan fingerprint density at radius 3 is 2.31 bits per heavy atom. The number of halogens is 7. The highest BCUT2D eigenvalue weighted by molar-refractivity contribution is 6.32. The van der Waals surface area contributed by atoms with E-state index in [0.717, 1.165) is 15.9 Å². The average molecular weight is 753 g/mol. The van der Waals surface area contributed by atoms with Gasteiger partial charge in [0.15, 0.2) is 17.3 Å². The van der Waals surface area contributed by atoms with Gasteiger partial charge in [0, 0.05) is 17.7 Å². The summed E-state index contributed by atoms with van der Waals surface area (Å²) in [5.41, 5.74) is 5.87. The quantitative estimate of drug-likeness (QED) is 0.111. The number of carbonyl (C=O) groups excluding carboxylic acids is 2. The van der Waals surface area contributed by atoms with E-state index in [1.54, 1.807) is 24.3 Å². The fourth-order valence-electron chi connectivity index (χ4n) is 5.99. The number of aromatic nitrogens is 5. The first-order valence-corrected chi connectivity index (χ1v) is 16.3. The minimum absolute atomic E-state index is 0.00620. The van der Waals surface area contributed by atoms with E-state index >= 15 is 0 Å². The van der Waals surface area contributed by atoms with Crippen LogP contribution < -0.4 is 5.73 Å². The largest absolute Gasteiger partial charge is 0.463 e. The van der Waals surface area contributed by atoms with Crippen LogP contribution in [-0.4, -0.2) is 60.3 Å². The third kappa shape index (κ3) is 7.93. The molecule has 0 bridgehead atoms. The lowest BCUT2D eigenvalue weighted by Crippen LogP contribution is -2.47. The van der Waals surface area contributed by atoms with Crippen LogP contribution >= 0.6 is 11.6 Å². The summed E-state index contributed by atoms with van der Waals surface area (Å²) in [5.74, 6) is -3.91. The van der Waals surface area contributed by atoms with Gasteiger partial charge in [0.05, 0.1) is 29.4 Å². The Morgan fingerprint density at radius 2 is 1.71 bits per heavy atom. The van der Waals surface area contributed by atoms with Crippen LogP contribution in [0.25, 0.3) is 16.8 Å². The molecule has 4 aromatic rings.